The Bertz CT molecular complexity index is 1200. The maximum atomic E-state index is 13.1. The number of halogens is 2. The van der Waals surface area contributed by atoms with Gasteiger partial charge in [-0.3, -0.25) is 14.6 Å². The van der Waals surface area contributed by atoms with Gasteiger partial charge in [0.1, 0.15) is 5.82 Å². The van der Waals surface area contributed by atoms with Crippen molar-refractivity contribution in [3.8, 4) is 0 Å². The monoisotopic (exact) mass is 462 g/mol. The van der Waals surface area contributed by atoms with Gasteiger partial charge in [0.25, 0.3) is 5.91 Å². The van der Waals surface area contributed by atoms with Crippen molar-refractivity contribution in [3.63, 3.8) is 0 Å². The van der Waals surface area contributed by atoms with Gasteiger partial charge in [0.05, 0.1) is 17.0 Å². The summed E-state index contributed by atoms with van der Waals surface area (Å²) in [7, 11) is 0. The molecule has 4 nitrogen and oxygen atoms in total. The molecule has 0 aliphatic carbocycles. The second-order valence-electron chi connectivity index (χ2n) is 8.16. The quantitative estimate of drug-likeness (QED) is 0.431. The molecule has 33 heavy (non-hydrogen) atoms. The molecule has 0 saturated carbocycles. The first-order valence-corrected chi connectivity index (χ1v) is 11.3. The Labute approximate surface area is 197 Å². The molecule has 1 saturated heterocycles. The number of hydrogen-bond acceptors (Lipinski definition) is 3. The summed E-state index contributed by atoms with van der Waals surface area (Å²) >= 11 is 6.19. The predicted octanol–water partition coefficient (Wildman–Crippen LogP) is 6.09. The number of carbonyl (C=O) groups is 2. The molecule has 0 bridgehead atoms. The van der Waals surface area contributed by atoms with Crippen LogP contribution in [0.3, 0.4) is 0 Å². The van der Waals surface area contributed by atoms with E-state index in [9.17, 15) is 14.0 Å². The molecule has 2 aromatic carbocycles. The topological polar surface area (TPSA) is 50.3 Å². The average Bonchev–Trinajstić information content (AvgIpc) is 2.83. The molecule has 0 atom stereocenters. The third-order valence-corrected chi connectivity index (χ3v) is 6.30. The molecule has 0 unspecified atom stereocenters. The molecule has 1 fully saturated rings. The molecule has 1 aliphatic heterocycles. The molecular weight excluding hydrogens is 439 g/mol. The van der Waals surface area contributed by atoms with Crippen LogP contribution >= 0.6 is 11.6 Å². The van der Waals surface area contributed by atoms with E-state index in [2.05, 4.69) is 4.98 Å². The summed E-state index contributed by atoms with van der Waals surface area (Å²) in [6, 6.07) is 16.8. The van der Waals surface area contributed by atoms with E-state index in [0.717, 1.165) is 11.3 Å². The molecule has 1 amide bonds. The highest BCUT2D eigenvalue weighted by Gasteiger charge is 2.29. The number of benzene rings is 2. The van der Waals surface area contributed by atoms with Crippen molar-refractivity contribution in [2.75, 3.05) is 13.1 Å². The first-order chi connectivity index (χ1) is 15.9. The SMILES string of the molecule is Cc1nc(C=Cc2ccccc2Cl)ccc1C(=O)N1CCC(C(=O)c2ccc(F)cc2)CC1. The van der Waals surface area contributed by atoms with E-state index in [1.807, 2.05) is 49.4 Å². The summed E-state index contributed by atoms with van der Waals surface area (Å²) in [5.74, 6) is -0.582. The first-order valence-electron chi connectivity index (χ1n) is 10.9. The number of carbonyl (C=O) groups excluding carboxylic acids is 2. The molecule has 0 spiro atoms. The van der Waals surface area contributed by atoms with Crippen molar-refractivity contribution in [1.29, 1.82) is 0 Å². The lowest BCUT2D eigenvalue weighted by atomic mass is 9.88. The fourth-order valence-corrected chi connectivity index (χ4v) is 4.25. The van der Waals surface area contributed by atoms with Gasteiger partial charge < -0.3 is 4.90 Å². The summed E-state index contributed by atoms with van der Waals surface area (Å²) < 4.78 is 13.1. The zero-order chi connectivity index (χ0) is 23.4. The summed E-state index contributed by atoms with van der Waals surface area (Å²) in [6.07, 6.45) is 4.95. The maximum absolute atomic E-state index is 13.1. The van der Waals surface area contributed by atoms with E-state index in [1.165, 1.54) is 24.3 Å². The minimum absolute atomic E-state index is 0.00889. The third kappa shape index (κ3) is 5.37. The number of rotatable bonds is 5. The lowest BCUT2D eigenvalue weighted by Gasteiger charge is -2.31. The van der Waals surface area contributed by atoms with Gasteiger partial charge in [-0.05, 0) is 73.9 Å². The van der Waals surface area contributed by atoms with Crippen LogP contribution in [0.25, 0.3) is 12.2 Å². The van der Waals surface area contributed by atoms with Crippen molar-refractivity contribution < 1.29 is 14.0 Å². The van der Waals surface area contributed by atoms with E-state index in [4.69, 9.17) is 11.6 Å². The highest BCUT2D eigenvalue weighted by molar-refractivity contribution is 6.32. The maximum Gasteiger partial charge on any atom is 0.255 e. The van der Waals surface area contributed by atoms with Gasteiger partial charge in [-0.1, -0.05) is 35.9 Å². The number of Topliss-reactive ketones (excluding diaryl/α,β-unsaturated/α-hetero) is 1. The molecule has 0 radical (unpaired) electrons. The van der Waals surface area contributed by atoms with E-state index in [1.54, 1.807) is 11.0 Å². The Morgan fingerprint density at radius 1 is 1.00 bits per heavy atom. The number of pyridine rings is 1. The van der Waals surface area contributed by atoms with Crippen LogP contribution in [0.2, 0.25) is 5.02 Å². The fraction of sp³-hybridized carbons (Fsp3) is 0.222. The zero-order valence-corrected chi connectivity index (χ0v) is 19.1. The minimum atomic E-state index is -0.360. The van der Waals surface area contributed by atoms with Crippen molar-refractivity contribution in [1.82, 2.24) is 9.88 Å². The molecular formula is C27H24ClFN2O2. The first kappa shape index (κ1) is 22.9. The Morgan fingerprint density at radius 2 is 1.70 bits per heavy atom. The van der Waals surface area contributed by atoms with Crippen molar-refractivity contribution in [3.05, 3.63) is 99.6 Å². The Balaban J connectivity index is 1.39. The van der Waals surface area contributed by atoms with E-state index < -0.39 is 0 Å². The lowest BCUT2D eigenvalue weighted by Crippen LogP contribution is -2.40. The van der Waals surface area contributed by atoms with E-state index >= 15 is 0 Å². The van der Waals surface area contributed by atoms with Gasteiger partial charge in [-0.15, -0.1) is 0 Å². The van der Waals surface area contributed by atoms with Crippen LogP contribution in [0.15, 0.2) is 60.7 Å². The van der Waals surface area contributed by atoms with Gasteiger partial charge in [0.2, 0.25) is 0 Å². The number of likely N-dealkylation sites (tertiary alicyclic amines) is 1. The van der Waals surface area contributed by atoms with Gasteiger partial charge in [-0.25, -0.2) is 4.39 Å². The summed E-state index contributed by atoms with van der Waals surface area (Å²) in [5, 5.41) is 0.665. The van der Waals surface area contributed by atoms with E-state index in [-0.39, 0.29) is 23.4 Å². The molecule has 4 rings (SSSR count). The minimum Gasteiger partial charge on any atom is -0.339 e. The number of amides is 1. The summed E-state index contributed by atoms with van der Waals surface area (Å²) in [6.45, 7) is 2.83. The van der Waals surface area contributed by atoms with Crippen LogP contribution in [0.4, 0.5) is 4.39 Å². The fourth-order valence-electron chi connectivity index (χ4n) is 4.05. The highest BCUT2D eigenvalue weighted by atomic mass is 35.5. The van der Waals surface area contributed by atoms with Crippen LogP contribution in [0.5, 0.6) is 0 Å². The largest absolute Gasteiger partial charge is 0.339 e. The summed E-state index contributed by atoms with van der Waals surface area (Å²) in [4.78, 5) is 32.1. The van der Waals surface area contributed by atoms with Gasteiger partial charge in [-0.2, -0.15) is 0 Å². The lowest BCUT2D eigenvalue weighted by molar-refractivity contribution is 0.0649. The number of ketones is 1. The van der Waals surface area contributed by atoms with Gasteiger partial charge >= 0.3 is 0 Å². The molecule has 1 aliphatic rings. The Hall–Kier alpha value is -3.31. The normalized spacial score (nSPS) is 14.6. The smallest absolute Gasteiger partial charge is 0.255 e. The number of aromatic nitrogens is 1. The van der Waals surface area contributed by atoms with Crippen LogP contribution in [0, 0.1) is 18.7 Å². The van der Waals surface area contributed by atoms with Crippen molar-refractivity contribution >= 4 is 35.4 Å². The number of hydrogen-bond donors (Lipinski definition) is 0. The number of nitrogens with zero attached hydrogens (tertiary/aromatic N) is 2. The summed E-state index contributed by atoms with van der Waals surface area (Å²) in [5.41, 5.74) is 3.38. The molecule has 3 aromatic rings. The molecule has 1 aromatic heterocycles. The van der Waals surface area contributed by atoms with Crippen LogP contribution in [0.1, 0.15) is 50.5 Å². The van der Waals surface area contributed by atoms with Gasteiger partial charge in [0, 0.05) is 29.6 Å². The van der Waals surface area contributed by atoms with Crippen molar-refractivity contribution in [2.24, 2.45) is 5.92 Å². The predicted molar refractivity (Wildman–Crippen MR) is 129 cm³/mol. The number of piperidine rings is 1. The Morgan fingerprint density at radius 3 is 2.36 bits per heavy atom. The van der Waals surface area contributed by atoms with Crippen LogP contribution in [-0.4, -0.2) is 34.7 Å². The van der Waals surface area contributed by atoms with Crippen LogP contribution in [-0.2, 0) is 0 Å². The average molecular weight is 463 g/mol. The Kier molecular flexibility index (Phi) is 6.99. The molecule has 168 valence electrons. The van der Waals surface area contributed by atoms with Crippen LogP contribution < -0.4 is 0 Å². The molecule has 2 heterocycles. The second-order valence-corrected chi connectivity index (χ2v) is 8.57. The zero-order valence-electron chi connectivity index (χ0n) is 18.3. The van der Waals surface area contributed by atoms with E-state index in [0.29, 0.717) is 47.8 Å². The molecule has 6 heteroatoms. The molecule has 0 N–H and O–H groups in total. The highest BCUT2D eigenvalue weighted by Crippen LogP contribution is 2.24. The van der Waals surface area contributed by atoms with Crippen molar-refractivity contribution in [2.45, 2.75) is 19.8 Å². The number of aryl methyl sites for hydroxylation is 1. The standard InChI is InChI=1S/C27H24ClFN2O2/c1-18-24(13-12-23(30-18)11-8-19-4-2-3-5-25(19)28)27(33)31-16-14-21(15-17-31)26(32)20-6-9-22(29)10-7-20/h2-13,21H,14-17H2,1H3. The second kappa shape index (κ2) is 10.1. The van der Waals surface area contributed by atoms with Gasteiger partial charge in [0.15, 0.2) is 5.78 Å². The third-order valence-electron chi connectivity index (χ3n) is 5.96.